The van der Waals surface area contributed by atoms with E-state index >= 15 is 0 Å². The van der Waals surface area contributed by atoms with Crippen LogP contribution in [0.3, 0.4) is 0 Å². The molecule has 1 atom stereocenters. The summed E-state index contributed by atoms with van der Waals surface area (Å²) < 4.78 is 19.9. The van der Waals surface area contributed by atoms with Gasteiger partial charge in [-0.25, -0.2) is 9.38 Å². The summed E-state index contributed by atoms with van der Waals surface area (Å²) in [6.45, 7) is 2.24. The van der Waals surface area contributed by atoms with Gasteiger partial charge in [-0.1, -0.05) is 30.3 Å². The summed E-state index contributed by atoms with van der Waals surface area (Å²) in [6.07, 6.45) is -0.0280. The van der Waals surface area contributed by atoms with E-state index in [2.05, 4.69) is 15.6 Å². The van der Waals surface area contributed by atoms with Crippen LogP contribution in [0.1, 0.15) is 6.42 Å². The molecule has 0 aliphatic carbocycles. The minimum atomic E-state index is -0.835. The van der Waals surface area contributed by atoms with Gasteiger partial charge < -0.3 is 19.9 Å². The van der Waals surface area contributed by atoms with Gasteiger partial charge in [-0.05, 0) is 48.5 Å². The third kappa shape index (κ3) is 5.46. The van der Waals surface area contributed by atoms with Crippen LogP contribution in [0, 0.1) is 5.82 Å². The minimum absolute atomic E-state index is 0.0280. The van der Waals surface area contributed by atoms with E-state index in [-0.39, 0.29) is 24.1 Å². The summed E-state index contributed by atoms with van der Waals surface area (Å²) in [6, 6.07) is 22.3. The van der Waals surface area contributed by atoms with Gasteiger partial charge >= 0.3 is 0 Å². The second kappa shape index (κ2) is 10.5. The fourth-order valence-corrected chi connectivity index (χ4v) is 4.21. The molecule has 2 amide bonds. The second-order valence-electron chi connectivity index (χ2n) is 8.58. The van der Waals surface area contributed by atoms with Crippen LogP contribution in [0.2, 0.25) is 0 Å². The molecule has 9 heteroatoms. The monoisotopic (exact) mass is 487 g/mol. The van der Waals surface area contributed by atoms with E-state index in [9.17, 15) is 14.0 Å². The lowest BCUT2D eigenvalue weighted by atomic mass is 10.1. The highest BCUT2D eigenvalue weighted by molar-refractivity contribution is 6.06. The van der Waals surface area contributed by atoms with Crippen molar-refractivity contribution in [3.63, 3.8) is 0 Å². The molecule has 0 spiro atoms. The van der Waals surface area contributed by atoms with E-state index in [1.807, 2.05) is 46.2 Å². The third-order valence-electron chi connectivity index (χ3n) is 6.08. The molecule has 184 valence electrons. The molecule has 1 fully saturated rings. The summed E-state index contributed by atoms with van der Waals surface area (Å²) >= 11 is 0. The van der Waals surface area contributed by atoms with Crippen molar-refractivity contribution in [2.75, 3.05) is 36.4 Å². The Morgan fingerprint density at radius 2 is 1.53 bits per heavy atom. The zero-order valence-corrected chi connectivity index (χ0v) is 19.6. The number of carbonyl (C=O) groups is 2. The van der Waals surface area contributed by atoms with Gasteiger partial charge in [0.1, 0.15) is 23.4 Å². The lowest BCUT2D eigenvalue weighted by molar-refractivity contribution is -0.125. The third-order valence-corrected chi connectivity index (χ3v) is 6.08. The van der Waals surface area contributed by atoms with E-state index in [4.69, 9.17) is 4.74 Å². The van der Waals surface area contributed by atoms with Gasteiger partial charge in [0.2, 0.25) is 17.8 Å². The summed E-state index contributed by atoms with van der Waals surface area (Å²) in [7, 11) is 0. The molecule has 3 aromatic carbocycles. The normalized spacial score (nSPS) is 17.8. The number of anilines is 2. The zero-order chi connectivity index (χ0) is 24.9. The number of ether oxygens (including phenoxy) is 1. The molecule has 3 aromatic rings. The lowest BCUT2D eigenvalue weighted by Gasteiger charge is -2.38. The first-order valence-corrected chi connectivity index (χ1v) is 11.8. The maximum atomic E-state index is 14.1. The smallest absolute Gasteiger partial charge is 0.249 e. The second-order valence-corrected chi connectivity index (χ2v) is 8.58. The van der Waals surface area contributed by atoms with Crippen molar-refractivity contribution in [3.05, 3.63) is 84.7 Å². The molecule has 8 nitrogen and oxygen atoms in total. The average molecular weight is 488 g/mol. The highest BCUT2D eigenvalue weighted by Gasteiger charge is 2.31. The first kappa shape index (κ1) is 23.3. The summed E-state index contributed by atoms with van der Waals surface area (Å²) in [5.74, 6) is 0.870. The van der Waals surface area contributed by atoms with Crippen LogP contribution in [0.5, 0.6) is 11.5 Å². The number of halogens is 1. The first-order valence-electron chi connectivity index (χ1n) is 11.8. The number of piperazine rings is 1. The number of carbonyl (C=O) groups excluding carboxylic acids is 2. The number of guanidine groups is 1. The molecule has 2 heterocycles. The Bertz CT molecular complexity index is 1260. The number of nitrogens with zero attached hydrogens (tertiary/aromatic N) is 3. The lowest BCUT2D eigenvalue weighted by Crippen LogP contribution is -2.56. The first-order chi connectivity index (χ1) is 17.5. The Kier molecular flexibility index (Phi) is 6.79. The molecule has 36 heavy (non-hydrogen) atoms. The number of hydrogen-bond donors (Lipinski definition) is 2. The SMILES string of the molecule is O=C1C[C@H](C(=O)Nc2ccc(Oc3ccccc3)cc2)N=C(N2CCN(c3ccccc3F)CC2)N1. The van der Waals surface area contributed by atoms with Crippen LogP contribution in [0.4, 0.5) is 15.8 Å². The quantitative estimate of drug-likeness (QED) is 0.574. The Balaban J connectivity index is 1.20. The van der Waals surface area contributed by atoms with Crippen LogP contribution in [0.15, 0.2) is 83.9 Å². The highest BCUT2D eigenvalue weighted by Crippen LogP contribution is 2.23. The predicted molar refractivity (Wildman–Crippen MR) is 136 cm³/mol. The van der Waals surface area contributed by atoms with E-state index < -0.39 is 6.04 Å². The number of benzene rings is 3. The van der Waals surface area contributed by atoms with Gasteiger partial charge in [0.25, 0.3) is 0 Å². The van der Waals surface area contributed by atoms with Crippen molar-refractivity contribution in [2.24, 2.45) is 4.99 Å². The summed E-state index contributed by atoms with van der Waals surface area (Å²) in [4.78, 5) is 33.7. The van der Waals surface area contributed by atoms with E-state index in [0.29, 0.717) is 49.3 Å². The number of aliphatic imine (C=N–C) groups is 1. The molecular formula is C27H26FN5O3. The van der Waals surface area contributed by atoms with Gasteiger partial charge in [-0.3, -0.25) is 14.9 Å². The van der Waals surface area contributed by atoms with Crippen LogP contribution in [-0.4, -0.2) is 54.9 Å². The summed E-state index contributed by atoms with van der Waals surface area (Å²) in [5.41, 5.74) is 1.14. The molecule has 0 saturated carbocycles. The summed E-state index contributed by atoms with van der Waals surface area (Å²) in [5, 5.41) is 5.61. The maximum Gasteiger partial charge on any atom is 0.249 e. The molecule has 2 aliphatic rings. The molecule has 2 aliphatic heterocycles. The Morgan fingerprint density at radius 1 is 0.889 bits per heavy atom. The number of amides is 2. The Morgan fingerprint density at radius 3 is 2.25 bits per heavy atom. The molecule has 0 aromatic heterocycles. The fourth-order valence-electron chi connectivity index (χ4n) is 4.21. The minimum Gasteiger partial charge on any atom is -0.457 e. The van der Waals surface area contributed by atoms with Crippen LogP contribution < -0.4 is 20.3 Å². The molecule has 5 rings (SSSR count). The number of para-hydroxylation sites is 2. The van der Waals surface area contributed by atoms with E-state index in [1.165, 1.54) is 6.07 Å². The number of rotatable bonds is 5. The topological polar surface area (TPSA) is 86.3 Å². The maximum absolute atomic E-state index is 14.1. The van der Waals surface area contributed by atoms with Gasteiger partial charge in [0.05, 0.1) is 12.1 Å². The number of hydrogen-bond acceptors (Lipinski definition) is 6. The van der Waals surface area contributed by atoms with Crippen molar-refractivity contribution >= 4 is 29.1 Å². The standard InChI is InChI=1S/C27H26FN5O3/c28-22-8-4-5-9-24(22)32-14-16-33(17-15-32)27-30-23(18-25(34)31-27)26(35)29-19-10-12-21(13-11-19)36-20-6-2-1-3-7-20/h1-13,23H,14-18H2,(H,29,35)(H,30,31,34)/t23-/m1/s1. The molecule has 0 bridgehead atoms. The highest BCUT2D eigenvalue weighted by atomic mass is 19.1. The van der Waals surface area contributed by atoms with Gasteiger partial charge in [0.15, 0.2) is 0 Å². The number of nitrogens with one attached hydrogen (secondary N) is 2. The van der Waals surface area contributed by atoms with E-state index in [0.717, 1.165) is 5.75 Å². The van der Waals surface area contributed by atoms with Crippen molar-refractivity contribution < 1.29 is 18.7 Å². The Labute approximate surface area is 208 Å². The zero-order valence-electron chi connectivity index (χ0n) is 19.6. The van der Waals surface area contributed by atoms with Crippen LogP contribution in [0.25, 0.3) is 0 Å². The Hall–Kier alpha value is -4.40. The fraction of sp³-hybridized carbons (Fsp3) is 0.222. The largest absolute Gasteiger partial charge is 0.457 e. The van der Waals surface area contributed by atoms with Crippen molar-refractivity contribution in [1.82, 2.24) is 10.2 Å². The molecule has 0 radical (unpaired) electrons. The molecular weight excluding hydrogens is 461 g/mol. The molecule has 1 saturated heterocycles. The van der Waals surface area contributed by atoms with E-state index in [1.54, 1.807) is 36.4 Å². The van der Waals surface area contributed by atoms with Crippen LogP contribution in [-0.2, 0) is 9.59 Å². The van der Waals surface area contributed by atoms with Gasteiger partial charge in [-0.15, -0.1) is 0 Å². The van der Waals surface area contributed by atoms with Crippen molar-refractivity contribution in [2.45, 2.75) is 12.5 Å². The predicted octanol–water partition coefficient (Wildman–Crippen LogP) is 3.62. The van der Waals surface area contributed by atoms with Gasteiger partial charge in [-0.2, -0.15) is 0 Å². The van der Waals surface area contributed by atoms with Crippen molar-refractivity contribution in [1.29, 1.82) is 0 Å². The molecule has 0 unspecified atom stereocenters. The molecule has 2 N–H and O–H groups in total. The van der Waals surface area contributed by atoms with Gasteiger partial charge in [0, 0.05) is 31.9 Å². The van der Waals surface area contributed by atoms with Crippen molar-refractivity contribution in [3.8, 4) is 11.5 Å². The average Bonchev–Trinajstić information content (AvgIpc) is 2.90. The van der Waals surface area contributed by atoms with Crippen LogP contribution >= 0.6 is 0 Å².